The summed E-state index contributed by atoms with van der Waals surface area (Å²) in [7, 11) is 1.51. The summed E-state index contributed by atoms with van der Waals surface area (Å²) in [6.07, 6.45) is 2.64. The van der Waals surface area contributed by atoms with Crippen molar-refractivity contribution < 1.29 is 19.0 Å². The quantitative estimate of drug-likeness (QED) is 0.369. The molecule has 1 saturated heterocycles. The molecule has 0 bridgehead atoms. The van der Waals surface area contributed by atoms with Crippen molar-refractivity contribution in [3.8, 4) is 0 Å². The molecular weight excluding hydrogens is 212 g/mol. The van der Waals surface area contributed by atoms with Gasteiger partial charge in [0.15, 0.2) is 6.10 Å². The van der Waals surface area contributed by atoms with Crippen LogP contribution in [0.2, 0.25) is 0 Å². The molecule has 94 valence electrons. The Morgan fingerprint density at radius 2 is 2.44 bits per heavy atom. The van der Waals surface area contributed by atoms with Crippen LogP contribution in [0.3, 0.4) is 0 Å². The average Bonchev–Trinajstić information content (AvgIpc) is 2.34. The maximum atomic E-state index is 11.3. The summed E-state index contributed by atoms with van der Waals surface area (Å²) in [5.41, 5.74) is 2.05. The normalized spacial score (nSPS) is 22.8. The molecule has 0 spiro atoms. The fourth-order valence-electron chi connectivity index (χ4n) is 1.61. The number of carbonyl (C=O) groups is 1. The number of hydrazine groups is 1. The van der Waals surface area contributed by atoms with Gasteiger partial charge < -0.3 is 14.2 Å². The molecule has 2 unspecified atom stereocenters. The second-order valence-corrected chi connectivity index (χ2v) is 3.77. The van der Waals surface area contributed by atoms with Crippen molar-refractivity contribution in [1.29, 1.82) is 0 Å². The molecule has 6 nitrogen and oxygen atoms in total. The fourth-order valence-corrected chi connectivity index (χ4v) is 1.61. The molecule has 1 amide bonds. The average molecular weight is 232 g/mol. The van der Waals surface area contributed by atoms with E-state index in [1.807, 2.05) is 0 Å². The molecule has 1 rings (SSSR count). The van der Waals surface area contributed by atoms with Gasteiger partial charge in [0.05, 0.1) is 19.3 Å². The van der Waals surface area contributed by atoms with Gasteiger partial charge in [-0.25, -0.2) is 5.84 Å². The standard InChI is InChI=1S/C10H20N2O4/c1-14-7-9(10(13)12-11)16-6-8-4-2-3-5-15-8/h8-9H,2-7,11H2,1H3,(H,12,13). The molecule has 1 heterocycles. The van der Waals surface area contributed by atoms with E-state index in [0.717, 1.165) is 25.9 Å². The Balaban J connectivity index is 2.27. The van der Waals surface area contributed by atoms with E-state index in [1.165, 1.54) is 7.11 Å². The van der Waals surface area contributed by atoms with Gasteiger partial charge in [-0.3, -0.25) is 10.2 Å². The number of rotatable bonds is 6. The number of amides is 1. The number of nitrogens with one attached hydrogen (secondary N) is 1. The molecule has 0 aromatic carbocycles. The monoisotopic (exact) mass is 232 g/mol. The van der Waals surface area contributed by atoms with Crippen LogP contribution in [0.1, 0.15) is 19.3 Å². The minimum atomic E-state index is -0.666. The van der Waals surface area contributed by atoms with Crippen LogP contribution in [-0.2, 0) is 19.0 Å². The summed E-state index contributed by atoms with van der Waals surface area (Å²) in [4.78, 5) is 11.3. The Morgan fingerprint density at radius 3 is 3.00 bits per heavy atom. The third-order valence-electron chi connectivity index (χ3n) is 2.51. The molecular formula is C10H20N2O4. The summed E-state index contributed by atoms with van der Waals surface area (Å²) in [6.45, 7) is 1.36. The lowest BCUT2D eigenvalue weighted by molar-refractivity contribution is -0.141. The first-order chi connectivity index (χ1) is 7.77. The van der Waals surface area contributed by atoms with Crippen LogP contribution in [0.4, 0.5) is 0 Å². The molecule has 0 radical (unpaired) electrons. The van der Waals surface area contributed by atoms with Crippen LogP contribution in [0.15, 0.2) is 0 Å². The van der Waals surface area contributed by atoms with Gasteiger partial charge in [0.2, 0.25) is 0 Å². The molecule has 6 heteroatoms. The highest BCUT2D eigenvalue weighted by Crippen LogP contribution is 2.13. The van der Waals surface area contributed by atoms with Crippen LogP contribution in [0.25, 0.3) is 0 Å². The summed E-state index contributed by atoms with van der Waals surface area (Å²) in [5, 5.41) is 0. The van der Waals surface area contributed by atoms with Crippen LogP contribution >= 0.6 is 0 Å². The van der Waals surface area contributed by atoms with Crippen molar-refractivity contribution >= 4 is 5.91 Å². The van der Waals surface area contributed by atoms with Gasteiger partial charge in [0.25, 0.3) is 5.91 Å². The van der Waals surface area contributed by atoms with Crippen molar-refractivity contribution in [2.45, 2.75) is 31.5 Å². The van der Waals surface area contributed by atoms with E-state index >= 15 is 0 Å². The molecule has 0 aromatic heterocycles. The van der Waals surface area contributed by atoms with E-state index < -0.39 is 6.10 Å². The van der Waals surface area contributed by atoms with E-state index in [4.69, 9.17) is 20.1 Å². The van der Waals surface area contributed by atoms with E-state index in [1.54, 1.807) is 0 Å². The van der Waals surface area contributed by atoms with Gasteiger partial charge in [0, 0.05) is 13.7 Å². The Labute approximate surface area is 95.4 Å². The Hall–Kier alpha value is -0.690. The number of hydrogen-bond acceptors (Lipinski definition) is 5. The number of nitrogens with two attached hydrogens (primary N) is 1. The molecule has 1 aliphatic rings. The summed E-state index contributed by atoms with van der Waals surface area (Å²) >= 11 is 0. The number of carbonyl (C=O) groups excluding carboxylic acids is 1. The fraction of sp³-hybridized carbons (Fsp3) is 0.900. The predicted molar refractivity (Wildman–Crippen MR) is 57.5 cm³/mol. The van der Waals surface area contributed by atoms with Crippen LogP contribution in [-0.4, -0.2) is 45.0 Å². The van der Waals surface area contributed by atoms with Crippen molar-refractivity contribution in [2.24, 2.45) is 5.84 Å². The van der Waals surface area contributed by atoms with Crippen LogP contribution < -0.4 is 11.3 Å². The molecule has 1 fully saturated rings. The molecule has 1 aliphatic heterocycles. The molecule has 0 aromatic rings. The molecule has 0 aliphatic carbocycles. The topological polar surface area (TPSA) is 82.8 Å². The highest BCUT2D eigenvalue weighted by molar-refractivity contribution is 5.80. The summed E-state index contributed by atoms with van der Waals surface area (Å²) in [6, 6.07) is 0. The van der Waals surface area contributed by atoms with Crippen molar-refractivity contribution in [2.75, 3.05) is 26.9 Å². The minimum absolute atomic E-state index is 0.0821. The summed E-state index contributed by atoms with van der Waals surface area (Å²) in [5.74, 6) is 4.67. The van der Waals surface area contributed by atoms with Gasteiger partial charge in [-0.15, -0.1) is 0 Å². The molecule has 3 N–H and O–H groups in total. The van der Waals surface area contributed by atoms with E-state index in [9.17, 15) is 4.79 Å². The highest BCUT2D eigenvalue weighted by atomic mass is 16.6. The Bertz CT molecular complexity index is 207. The van der Waals surface area contributed by atoms with Crippen molar-refractivity contribution in [3.63, 3.8) is 0 Å². The zero-order chi connectivity index (χ0) is 11.8. The number of methoxy groups -OCH3 is 1. The molecule has 0 saturated carbocycles. The summed E-state index contributed by atoms with van der Waals surface area (Å²) < 4.78 is 15.8. The first-order valence-corrected chi connectivity index (χ1v) is 5.50. The largest absolute Gasteiger partial charge is 0.381 e. The molecule has 2 atom stereocenters. The Morgan fingerprint density at radius 1 is 1.62 bits per heavy atom. The highest BCUT2D eigenvalue weighted by Gasteiger charge is 2.21. The SMILES string of the molecule is COCC(OCC1CCCCO1)C(=O)NN. The maximum Gasteiger partial charge on any atom is 0.265 e. The number of ether oxygens (including phenoxy) is 3. The van der Waals surface area contributed by atoms with Gasteiger partial charge in [-0.2, -0.15) is 0 Å². The van der Waals surface area contributed by atoms with Crippen molar-refractivity contribution in [3.05, 3.63) is 0 Å². The lowest BCUT2D eigenvalue weighted by Crippen LogP contribution is -2.44. The maximum absolute atomic E-state index is 11.3. The number of hydrogen-bond donors (Lipinski definition) is 2. The van der Waals surface area contributed by atoms with Crippen LogP contribution in [0, 0.1) is 0 Å². The molecule has 16 heavy (non-hydrogen) atoms. The van der Waals surface area contributed by atoms with E-state index in [0.29, 0.717) is 6.61 Å². The second-order valence-electron chi connectivity index (χ2n) is 3.77. The third kappa shape index (κ3) is 4.44. The van der Waals surface area contributed by atoms with Crippen LogP contribution in [0.5, 0.6) is 0 Å². The lowest BCUT2D eigenvalue weighted by Gasteiger charge is -2.24. The smallest absolute Gasteiger partial charge is 0.265 e. The first kappa shape index (κ1) is 13.4. The first-order valence-electron chi connectivity index (χ1n) is 5.50. The Kier molecular flexibility index (Phi) is 6.32. The van der Waals surface area contributed by atoms with E-state index in [2.05, 4.69) is 5.43 Å². The zero-order valence-electron chi connectivity index (χ0n) is 9.61. The minimum Gasteiger partial charge on any atom is -0.381 e. The van der Waals surface area contributed by atoms with Gasteiger partial charge >= 0.3 is 0 Å². The van der Waals surface area contributed by atoms with Gasteiger partial charge in [0.1, 0.15) is 0 Å². The predicted octanol–water partition coefficient (Wildman–Crippen LogP) is -0.423. The zero-order valence-corrected chi connectivity index (χ0v) is 9.61. The third-order valence-corrected chi connectivity index (χ3v) is 2.51. The lowest BCUT2D eigenvalue weighted by atomic mass is 10.1. The van der Waals surface area contributed by atoms with Gasteiger partial charge in [-0.1, -0.05) is 0 Å². The van der Waals surface area contributed by atoms with Gasteiger partial charge in [-0.05, 0) is 19.3 Å². The van der Waals surface area contributed by atoms with Crippen molar-refractivity contribution in [1.82, 2.24) is 5.43 Å². The second kappa shape index (κ2) is 7.56. The van der Waals surface area contributed by atoms with E-state index in [-0.39, 0.29) is 18.6 Å².